The van der Waals surface area contributed by atoms with Crippen molar-refractivity contribution in [3.63, 3.8) is 0 Å². The number of benzene rings is 1. The van der Waals surface area contributed by atoms with Crippen molar-refractivity contribution in [3.05, 3.63) is 46.3 Å². The monoisotopic (exact) mass is 860 g/mol. The average Bonchev–Trinajstić information content (AvgIpc) is 3.83. The van der Waals surface area contributed by atoms with Gasteiger partial charge in [0.25, 0.3) is 5.91 Å². The largest absolute Gasteiger partial charge is 0.379 e. The van der Waals surface area contributed by atoms with E-state index in [-0.39, 0.29) is 49.5 Å². The standard InChI is InChI=1S/C41H68N10O8S/c1-11-28(4)36(50(8)40(55)35(27(2)3)45-41-48(6)22-23-49(41)7)33(58-9)26-34(52)51-21-15-19-32(51)37(59-10)29(5)38(53)44-31(25-30-17-13-12-14-18-30)39(54)46-60(56,57)24-16-20-43-47-42/h12-14,17-18,27-29,31-33,35-37H,11,15-16,19-26H2,1-10H3,(H,44,53)(H,46,54)/t28-,29+,31-,32-,33-,35-,36-,37+/m0/s1. The van der Waals surface area contributed by atoms with E-state index in [0.29, 0.717) is 24.9 Å². The van der Waals surface area contributed by atoms with Gasteiger partial charge in [-0.2, -0.15) is 0 Å². The molecule has 0 spiro atoms. The second kappa shape index (κ2) is 23.5. The molecule has 0 aliphatic carbocycles. The van der Waals surface area contributed by atoms with Crippen molar-refractivity contribution in [2.45, 2.75) is 110 Å². The molecule has 60 heavy (non-hydrogen) atoms. The molecule has 19 heteroatoms. The van der Waals surface area contributed by atoms with Crippen LogP contribution in [0.5, 0.6) is 0 Å². The Balaban J connectivity index is 1.81. The van der Waals surface area contributed by atoms with Crippen molar-refractivity contribution in [3.8, 4) is 0 Å². The van der Waals surface area contributed by atoms with Gasteiger partial charge in [0.1, 0.15) is 12.1 Å². The van der Waals surface area contributed by atoms with E-state index >= 15 is 0 Å². The zero-order valence-corrected chi connectivity index (χ0v) is 37.9. The lowest BCUT2D eigenvalue weighted by atomic mass is 9.89. The van der Waals surface area contributed by atoms with E-state index in [1.54, 1.807) is 61.2 Å². The van der Waals surface area contributed by atoms with Crippen LogP contribution < -0.4 is 10.0 Å². The molecule has 2 saturated heterocycles. The molecule has 8 atom stereocenters. The second-order valence-electron chi connectivity index (χ2n) is 16.4. The van der Waals surface area contributed by atoms with Crippen LogP contribution in [0.3, 0.4) is 0 Å². The maximum absolute atomic E-state index is 14.3. The van der Waals surface area contributed by atoms with E-state index in [1.165, 1.54) is 7.11 Å². The molecule has 2 heterocycles. The number of nitrogens with zero attached hydrogens (tertiary/aromatic N) is 8. The van der Waals surface area contributed by atoms with E-state index in [9.17, 15) is 27.6 Å². The topological polar surface area (TPSA) is 219 Å². The Hall–Kier alpha value is -4.45. The van der Waals surface area contributed by atoms with Gasteiger partial charge < -0.3 is 34.4 Å². The van der Waals surface area contributed by atoms with Crippen LogP contribution in [0, 0.1) is 17.8 Å². The Labute approximate surface area is 356 Å². The number of carbonyl (C=O) groups excluding carboxylic acids is 4. The van der Waals surface area contributed by atoms with Gasteiger partial charge in [-0.05, 0) is 42.2 Å². The van der Waals surface area contributed by atoms with E-state index in [0.717, 1.165) is 25.5 Å². The Kier molecular flexibility index (Phi) is 19.6. The molecule has 0 saturated carbocycles. The van der Waals surface area contributed by atoms with Crippen LogP contribution in [0.25, 0.3) is 10.4 Å². The number of rotatable bonds is 23. The van der Waals surface area contributed by atoms with Gasteiger partial charge in [-0.15, -0.1) is 0 Å². The van der Waals surface area contributed by atoms with Crippen LogP contribution in [0.15, 0.2) is 40.4 Å². The van der Waals surface area contributed by atoms with E-state index in [4.69, 9.17) is 20.0 Å². The minimum absolute atomic E-state index is 0.00817. The molecule has 2 aliphatic rings. The van der Waals surface area contributed by atoms with Crippen LogP contribution in [0.1, 0.15) is 72.3 Å². The van der Waals surface area contributed by atoms with Gasteiger partial charge >= 0.3 is 0 Å². The summed E-state index contributed by atoms with van der Waals surface area (Å²) in [4.78, 5) is 71.1. The predicted octanol–water partition coefficient (Wildman–Crippen LogP) is 3.04. The highest BCUT2D eigenvalue weighted by molar-refractivity contribution is 7.90. The lowest BCUT2D eigenvalue weighted by Crippen LogP contribution is -2.56. The normalized spacial score (nSPS) is 19.1. The maximum Gasteiger partial charge on any atom is 0.256 e. The van der Waals surface area contributed by atoms with Gasteiger partial charge in [-0.1, -0.05) is 76.5 Å². The summed E-state index contributed by atoms with van der Waals surface area (Å²) in [6.07, 6.45) is 0.564. The number of azide groups is 1. The molecule has 3 rings (SSSR count). The van der Waals surface area contributed by atoms with Crippen molar-refractivity contribution in [1.82, 2.24) is 29.6 Å². The number of ether oxygens (including phenoxy) is 2. The highest BCUT2D eigenvalue weighted by atomic mass is 32.2. The van der Waals surface area contributed by atoms with Crippen LogP contribution in [0.2, 0.25) is 0 Å². The molecule has 1 aromatic rings. The Morgan fingerprint density at radius 2 is 1.65 bits per heavy atom. The Morgan fingerprint density at radius 1 is 1.00 bits per heavy atom. The number of hydrogen-bond donors (Lipinski definition) is 2. The average molecular weight is 861 g/mol. The van der Waals surface area contributed by atoms with Crippen LogP contribution in [-0.2, 0) is 45.1 Å². The third-order valence-corrected chi connectivity index (χ3v) is 13.1. The van der Waals surface area contributed by atoms with Gasteiger partial charge in [0.2, 0.25) is 27.7 Å². The number of sulfonamides is 1. The quantitative estimate of drug-likeness (QED) is 0.0709. The second-order valence-corrected chi connectivity index (χ2v) is 18.2. The molecule has 0 unspecified atom stereocenters. The van der Waals surface area contributed by atoms with Crippen LogP contribution in [0.4, 0.5) is 0 Å². The number of hydrogen-bond acceptors (Lipinski definition) is 10. The number of carbonyl (C=O) groups is 4. The molecule has 1 aromatic carbocycles. The minimum Gasteiger partial charge on any atom is -0.379 e. The highest BCUT2D eigenvalue weighted by Gasteiger charge is 2.43. The molecule has 336 valence electrons. The fraction of sp³-hybridized carbons (Fsp3) is 0.732. The molecule has 2 fully saturated rings. The summed E-state index contributed by atoms with van der Waals surface area (Å²) in [6, 6.07) is 6.06. The number of likely N-dealkylation sites (N-methyl/N-ethyl adjacent to an activating group) is 3. The number of aliphatic imine (C=N–C) groups is 1. The predicted molar refractivity (Wildman–Crippen MR) is 230 cm³/mol. The number of guanidine groups is 1. The summed E-state index contributed by atoms with van der Waals surface area (Å²) in [5.41, 5.74) is 9.19. The Bertz CT molecular complexity index is 1760. The molecular formula is C41H68N10O8S. The highest BCUT2D eigenvalue weighted by Crippen LogP contribution is 2.30. The SMILES string of the molecule is CC[C@H](C)[C@@H]([C@H](CC(=O)N1CCC[C@H]1[C@H](OC)[C@@H](C)C(=O)N[C@@H](Cc1ccccc1)C(=O)NS(=O)(=O)CCCN=[N+]=[N-])OC)N(C)C(=O)[C@@H](N=C1N(C)CCN1C)C(C)C. The molecule has 0 bridgehead atoms. The molecule has 2 aliphatic heterocycles. The van der Waals surface area contributed by atoms with Gasteiger partial charge in [0, 0.05) is 72.9 Å². The first-order chi connectivity index (χ1) is 28.4. The van der Waals surface area contributed by atoms with Gasteiger partial charge in [-0.3, -0.25) is 23.9 Å². The van der Waals surface area contributed by atoms with Gasteiger partial charge in [-0.25, -0.2) is 13.4 Å². The minimum atomic E-state index is -4.10. The lowest BCUT2D eigenvalue weighted by Gasteiger charge is -2.40. The van der Waals surface area contributed by atoms with Crippen LogP contribution in [-0.4, -0.2) is 161 Å². The van der Waals surface area contributed by atoms with E-state index < -0.39 is 69.9 Å². The number of methoxy groups -OCH3 is 2. The molecule has 2 N–H and O–H groups in total. The summed E-state index contributed by atoms with van der Waals surface area (Å²) in [5, 5.41) is 6.09. The Morgan fingerprint density at radius 3 is 2.22 bits per heavy atom. The van der Waals surface area contributed by atoms with Crippen molar-refractivity contribution >= 4 is 39.6 Å². The van der Waals surface area contributed by atoms with E-state index in [2.05, 4.69) is 20.1 Å². The van der Waals surface area contributed by atoms with Crippen molar-refractivity contribution in [2.24, 2.45) is 27.9 Å². The smallest absolute Gasteiger partial charge is 0.256 e. The van der Waals surface area contributed by atoms with Crippen molar-refractivity contribution in [2.75, 3.05) is 67.3 Å². The van der Waals surface area contributed by atoms with Crippen LogP contribution >= 0.6 is 0 Å². The van der Waals surface area contributed by atoms with Gasteiger partial charge in [0.05, 0.1) is 42.4 Å². The number of nitrogens with one attached hydrogen (secondary N) is 2. The fourth-order valence-corrected chi connectivity index (χ4v) is 9.18. The number of likely N-dealkylation sites (tertiary alicyclic amines) is 1. The first-order valence-electron chi connectivity index (χ1n) is 20.9. The summed E-state index contributed by atoms with van der Waals surface area (Å²) in [5.74, 6) is -2.45. The zero-order chi connectivity index (χ0) is 44.7. The molecule has 0 aromatic heterocycles. The third-order valence-electron chi connectivity index (χ3n) is 11.8. The fourth-order valence-electron chi connectivity index (χ4n) is 8.12. The maximum atomic E-state index is 14.3. The van der Waals surface area contributed by atoms with Crippen molar-refractivity contribution in [1.29, 1.82) is 0 Å². The summed E-state index contributed by atoms with van der Waals surface area (Å²) in [6.45, 7) is 11.7. The summed E-state index contributed by atoms with van der Waals surface area (Å²) < 4.78 is 39.5. The van der Waals surface area contributed by atoms with Gasteiger partial charge in [0.15, 0.2) is 5.96 Å². The molecule has 4 amide bonds. The van der Waals surface area contributed by atoms with Crippen molar-refractivity contribution < 1.29 is 37.1 Å². The molecule has 18 nitrogen and oxygen atoms in total. The summed E-state index contributed by atoms with van der Waals surface area (Å²) >= 11 is 0. The first-order valence-corrected chi connectivity index (χ1v) is 22.6. The molecular weight excluding hydrogens is 793 g/mol. The molecule has 0 radical (unpaired) electrons. The number of amides is 4. The third kappa shape index (κ3) is 13.5. The zero-order valence-electron chi connectivity index (χ0n) is 37.1. The summed E-state index contributed by atoms with van der Waals surface area (Å²) in [7, 11) is 4.62. The lowest BCUT2D eigenvalue weighted by molar-refractivity contribution is -0.146. The van der Waals surface area contributed by atoms with E-state index in [1.807, 2.05) is 51.6 Å². The first kappa shape index (κ1) is 49.9.